The van der Waals surface area contributed by atoms with E-state index in [0.717, 1.165) is 37.7 Å². The molecule has 1 aromatic carbocycles. The summed E-state index contributed by atoms with van der Waals surface area (Å²) in [5.74, 6) is 0.297. The zero-order valence-electron chi connectivity index (χ0n) is 20.7. The lowest BCUT2D eigenvalue weighted by Gasteiger charge is -2.35. The lowest BCUT2D eigenvalue weighted by molar-refractivity contribution is -0.142. The first-order chi connectivity index (χ1) is 16.7. The van der Waals surface area contributed by atoms with Crippen LogP contribution in [0, 0.1) is 11.3 Å². The molecule has 0 radical (unpaired) electrons. The average Bonchev–Trinajstić information content (AvgIpc) is 3.44. The van der Waals surface area contributed by atoms with E-state index < -0.39 is 0 Å². The van der Waals surface area contributed by atoms with Gasteiger partial charge >= 0.3 is 6.09 Å². The van der Waals surface area contributed by atoms with Crippen LogP contribution in [-0.4, -0.2) is 78.0 Å². The molecule has 0 N–H and O–H groups in total. The minimum absolute atomic E-state index is 0.00774. The van der Waals surface area contributed by atoms with Gasteiger partial charge in [0.2, 0.25) is 11.8 Å². The van der Waals surface area contributed by atoms with E-state index in [2.05, 4.69) is 0 Å². The van der Waals surface area contributed by atoms with E-state index in [0.29, 0.717) is 44.0 Å². The predicted octanol–water partition coefficient (Wildman–Crippen LogP) is 4.29. The number of nitrogens with zero attached hydrogens (tertiary/aromatic N) is 3. The summed E-state index contributed by atoms with van der Waals surface area (Å²) in [6, 6.07) is 7.53. The number of carbonyl (C=O) groups is 3. The molecule has 0 bridgehead atoms. The maximum atomic E-state index is 13.6. The van der Waals surface area contributed by atoms with Gasteiger partial charge in [0.15, 0.2) is 0 Å². The van der Waals surface area contributed by atoms with E-state index >= 15 is 0 Å². The molecule has 8 heteroatoms. The number of amides is 3. The first-order valence-corrected chi connectivity index (χ1v) is 13.4. The number of rotatable bonds is 5. The zero-order valence-corrected chi connectivity index (χ0v) is 21.5. The van der Waals surface area contributed by atoms with Gasteiger partial charge in [0.1, 0.15) is 6.10 Å². The number of piperidine rings is 1. The third-order valence-corrected chi connectivity index (χ3v) is 8.90. The second-order valence-electron chi connectivity index (χ2n) is 11.1. The maximum absolute atomic E-state index is 13.6. The second kappa shape index (κ2) is 9.64. The van der Waals surface area contributed by atoms with E-state index in [-0.39, 0.29) is 47.3 Å². The van der Waals surface area contributed by atoms with Gasteiger partial charge < -0.3 is 19.4 Å². The second-order valence-corrected chi connectivity index (χ2v) is 11.6. The molecule has 2 saturated carbocycles. The number of hydrogen-bond donors (Lipinski definition) is 0. The molecule has 35 heavy (non-hydrogen) atoms. The number of hydrogen-bond acceptors (Lipinski definition) is 4. The first kappa shape index (κ1) is 24.4. The van der Waals surface area contributed by atoms with Crippen molar-refractivity contribution < 1.29 is 19.1 Å². The number of halogens is 1. The van der Waals surface area contributed by atoms with E-state index in [1.54, 1.807) is 11.9 Å². The van der Waals surface area contributed by atoms with Gasteiger partial charge in [0, 0.05) is 55.5 Å². The molecule has 2 aliphatic carbocycles. The number of ether oxygens (including phenoxy) is 1. The molecule has 7 nitrogen and oxygen atoms in total. The summed E-state index contributed by atoms with van der Waals surface area (Å²) >= 11 is 6.12. The van der Waals surface area contributed by atoms with Gasteiger partial charge in [-0.2, -0.15) is 0 Å². The highest BCUT2D eigenvalue weighted by atomic mass is 35.5. The van der Waals surface area contributed by atoms with Crippen molar-refractivity contribution in [2.75, 3.05) is 33.2 Å². The Morgan fingerprint density at radius 3 is 2.23 bits per heavy atom. The molecule has 2 aliphatic heterocycles. The molecule has 2 saturated heterocycles. The smallest absolute Gasteiger partial charge is 0.410 e. The van der Waals surface area contributed by atoms with E-state index in [4.69, 9.17) is 16.3 Å². The summed E-state index contributed by atoms with van der Waals surface area (Å²) in [5.41, 5.74) is 0.903. The third-order valence-electron chi connectivity index (χ3n) is 8.65. The average molecular weight is 502 g/mol. The fraction of sp³-hybridized carbons (Fsp3) is 0.667. The van der Waals surface area contributed by atoms with E-state index in [1.807, 2.05) is 41.0 Å². The quantitative estimate of drug-likeness (QED) is 0.603. The summed E-state index contributed by atoms with van der Waals surface area (Å²) in [4.78, 5) is 44.7. The Morgan fingerprint density at radius 1 is 1.00 bits per heavy atom. The van der Waals surface area contributed by atoms with Crippen LogP contribution in [0.5, 0.6) is 0 Å². The number of likely N-dealkylation sites (N-methyl/N-ethyl adjacent to an activating group) is 1. The van der Waals surface area contributed by atoms with Crippen molar-refractivity contribution in [3.05, 3.63) is 34.9 Å². The molecule has 2 heterocycles. The van der Waals surface area contributed by atoms with Crippen molar-refractivity contribution in [1.29, 1.82) is 0 Å². The Bertz CT molecular complexity index is 967. The summed E-state index contributed by atoms with van der Waals surface area (Å²) in [6.45, 7) is 4.38. The Labute approximate surface area is 212 Å². The molecule has 5 rings (SSSR count). The van der Waals surface area contributed by atoms with Gasteiger partial charge in [0.25, 0.3) is 0 Å². The minimum Gasteiger partial charge on any atom is -0.446 e. The van der Waals surface area contributed by atoms with E-state index in [9.17, 15) is 14.4 Å². The molecule has 3 amide bonds. The number of carbonyl (C=O) groups excluding carboxylic acids is 3. The van der Waals surface area contributed by atoms with Crippen LogP contribution < -0.4 is 0 Å². The molecule has 0 unspecified atom stereocenters. The molecular weight excluding hydrogens is 466 g/mol. The highest BCUT2D eigenvalue weighted by Gasteiger charge is 2.48. The zero-order chi connectivity index (χ0) is 24.7. The summed E-state index contributed by atoms with van der Waals surface area (Å²) in [7, 11) is 1.78. The standard InChI is InChI=1S/C27H36ClN3O4/c1-27(12-13-27)25(33)30-14-10-19(11-15-30)24(32)31-16-22(18-6-8-20(28)9-7-18)23(17-31)29(2)26(34)35-21-4-3-5-21/h6-9,19,21-23H,3-5,10-17H2,1-2H3/t22-,23+/m0/s1. The van der Waals surface area contributed by atoms with Crippen molar-refractivity contribution in [1.82, 2.24) is 14.7 Å². The third kappa shape index (κ3) is 5.02. The number of benzene rings is 1. The number of likely N-dealkylation sites (tertiary alicyclic amines) is 2. The first-order valence-electron chi connectivity index (χ1n) is 13.0. The molecular formula is C27H36ClN3O4. The molecule has 190 valence electrons. The lowest BCUT2D eigenvalue weighted by Crippen LogP contribution is -2.47. The Kier molecular flexibility index (Phi) is 6.73. The summed E-state index contributed by atoms with van der Waals surface area (Å²) in [5, 5.41) is 0.662. The molecule has 4 fully saturated rings. The van der Waals surface area contributed by atoms with Gasteiger partial charge in [-0.25, -0.2) is 4.79 Å². The summed E-state index contributed by atoms with van der Waals surface area (Å²) in [6.07, 6.45) is 6.01. The van der Waals surface area contributed by atoms with Crippen molar-refractivity contribution >= 4 is 29.5 Å². The SMILES string of the molecule is CN(C(=O)OC1CCC1)[C@@H]1CN(C(=O)C2CCN(C(=O)C3(C)CC3)CC2)C[C@H]1c1ccc(Cl)cc1. The Morgan fingerprint density at radius 2 is 1.66 bits per heavy atom. The van der Waals surface area contributed by atoms with Crippen molar-refractivity contribution in [3.8, 4) is 0 Å². The molecule has 4 aliphatic rings. The van der Waals surface area contributed by atoms with E-state index in [1.165, 1.54) is 0 Å². The van der Waals surface area contributed by atoms with Crippen LogP contribution in [0.1, 0.15) is 63.4 Å². The molecule has 0 spiro atoms. The van der Waals surface area contributed by atoms with Gasteiger partial charge in [-0.05, 0) is 62.6 Å². The fourth-order valence-corrected chi connectivity index (χ4v) is 5.74. The molecule has 2 atom stereocenters. The van der Waals surface area contributed by atoms with Crippen LogP contribution in [0.2, 0.25) is 5.02 Å². The van der Waals surface area contributed by atoms with Crippen molar-refractivity contribution in [3.63, 3.8) is 0 Å². The van der Waals surface area contributed by atoms with Gasteiger partial charge in [-0.3, -0.25) is 9.59 Å². The highest BCUT2D eigenvalue weighted by molar-refractivity contribution is 6.30. The van der Waals surface area contributed by atoms with Crippen molar-refractivity contribution in [2.24, 2.45) is 11.3 Å². The van der Waals surface area contributed by atoms with Crippen LogP contribution in [0.25, 0.3) is 0 Å². The highest BCUT2D eigenvalue weighted by Crippen LogP contribution is 2.47. The fourth-order valence-electron chi connectivity index (χ4n) is 5.62. The van der Waals surface area contributed by atoms with Gasteiger partial charge in [-0.1, -0.05) is 30.7 Å². The Balaban J connectivity index is 1.25. The van der Waals surface area contributed by atoms with Crippen LogP contribution in [0.3, 0.4) is 0 Å². The monoisotopic (exact) mass is 501 g/mol. The van der Waals surface area contributed by atoms with Gasteiger partial charge in [0.05, 0.1) is 6.04 Å². The normalized spacial score (nSPS) is 26.3. The largest absolute Gasteiger partial charge is 0.446 e. The predicted molar refractivity (Wildman–Crippen MR) is 133 cm³/mol. The van der Waals surface area contributed by atoms with Crippen LogP contribution in [-0.2, 0) is 14.3 Å². The minimum atomic E-state index is -0.312. The van der Waals surface area contributed by atoms with Crippen LogP contribution in [0.15, 0.2) is 24.3 Å². The maximum Gasteiger partial charge on any atom is 0.410 e. The van der Waals surface area contributed by atoms with Crippen molar-refractivity contribution in [2.45, 2.75) is 69.9 Å². The molecule has 0 aromatic heterocycles. The topological polar surface area (TPSA) is 70.2 Å². The summed E-state index contributed by atoms with van der Waals surface area (Å²) < 4.78 is 5.67. The van der Waals surface area contributed by atoms with Crippen LogP contribution in [0.4, 0.5) is 4.79 Å². The molecule has 1 aromatic rings. The lowest BCUT2D eigenvalue weighted by atomic mass is 9.93. The van der Waals surface area contributed by atoms with Crippen LogP contribution >= 0.6 is 11.6 Å². The Hall–Kier alpha value is -2.28. The van der Waals surface area contributed by atoms with Gasteiger partial charge in [-0.15, -0.1) is 0 Å².